The van der Waals surface area contributed by atoms with Crippen molar-refractivity contribution < 1.29 is 4.74 Å². The molecule has 1 aromatic rings. The van der Waals surface area contributed by atoms with Crippen molar-refractivity contribution in [2.75, 3.05) is 33.3 Å². The number of aliphatic imine (C=N–C) groups is 1. The highest BCUT2D eigenvalue weighted by Gasteiger charge is 2.25. The van der Waals surface area contributed by atoms with Gasteiger partial charge in [0.15, 0.2) is 5.96 Å². The van der Waals surface area contributed by atoms with Gasteiger partial charge in [-0.05, 0) is 43.6 Å². The van der Waals surface area contributed by atoms with Crippen molar-refractivity contribution in [2.45, 2.75) is 46.1 Å². The Hall–Kier alpha value is -0.830. The van der Waals surface area contributed by atoms with Gasteiger partial charge < -0.3 is 15.0 Å². The smallest absolute Gasteiger partial charge is 0.193 e. The fourth-order valence-electron chi connectivity index (χ4n) is 3.58. The van der Waals surface area contributed by atoms with E-state index >= 15 is 0 Å². The lowest BCUT2D eigenvalue weighted by atomic mass is 10.0. The number of nitrogens with one attached hydrogen (secondary N) is 1. The van der Waals surface area contributed by atoms with E-state index in [1.54, 1.807) is 0 Å². The number of hydrogen-bond donors (Lipinski definition) is 1. The maximum Gasteiger partial charge on any atom is 0.193 e. The molecule has 0 radical (unpaired) electrons. The van der Waals surface area contributed by atoms with Crippen LogP contribution in [0, 0.1) is 11.8 Å². The summed E-state index contributed by atoms with van der Waals surface area (Å²) in [4.78, 5) is 6.86. The number of likely N-dealkylation sites (tertiary alicyclic amines) is 1. The molecule has 0 aliphatic carbocycles. The zero-order chi connectivity index (χ0) is 18.2. The van der Waals surface area contributed by atoms with Crippen LogP contribution >= 0.6 is 24.0 Å². The topological polar surface area (TPSA) is 54.7 Å². The average Bonchev–Trinajstić information content (AvgIpc) is 3.20. The van der Waals surface area contributed by atoms with Crippen molar-refractivity contribution in [2.24, 2.45) is 23.9 Å². The fraction of sp³-hybridized carbons (Fsp3) is 0.789. The molecule has 1 fully saturated rings. The van der Waals surface area contributed by atoms with Crippen molar-refractivity contribution in [3.05, 3.63) is 18.0 Å². The molecule has 1 aliphatic heterocycles. The monoisotopic (exact) mass is 477 g/mol. The minimum Gasteiger partial charge on any atom is -0.378 e. The lowest BCUT2D eigenvalue weighted by Crippen LogP contribution is -2.41. The molecule has 26 heavy (non-hydrogen) atoms. The third-order valence-electron chi connectivity index (χ3n) is 4.92. The van der Waals surface area contributed by atoms with Crippen LogP contribution in [-0.4, -0.2) is 60.0 Å². The van der Waals surface area contributed by atoms with Crippen LogP contribution in [0.3, 0.4) is 0 Å². The first-order valence-electron chi connectivity index (χ1n) is 9.58. The van der Waals surface area contributed by atoms with Gasteiger partial charge in [-0.15, -0.1) is 24.0 Å². The molecule has 2 heterocycles. The van der Waals surface area contributed by atoms with Crippen LogP contribution in [0.15, 0.2) is 17.4 Å². The predicted octanol–water partition coefficient (Wildman–Crippen LogP) is 2.93. The van der Waals surface area contributed by atoms with E-state index in [1.807, 2.05) is 25.0 Å². The zero-order valence-electron chi connectivity index (χ0n) is 16.9. The van der Waals surface area contributed by atoms with Crippen LogP contribution < -0.4 is 5.32 Å². The van der Waals surface area contributed by atoms with Crippen LogP contribution in [0.4, 0.5) is 0 Å². The highest BCUT2D eigenvalue weighted by atomic mass is 127. The molecule has 6 nitrogen and oxygen atoms in total. The van der Waals surface area contributed by atoms with Gasteiger partial charge in [-0.1, -0.05) is 13.8 Å². The molecule has 1 saturated heterocycles. The Labute approximate surface area is 175 Å². The van der Waals surface area contributed by atoms with Crippen molar-refractivity contribution in [1.29, 1.82) is 0 Å². The van der Waals surface area contributed by atoms with Gasteiger partial charge in [0.1, 0.15) is 0 Å². The molecule has 2 rings (SSSR count). The van der Waals surface area contributed by atoms with Crippen molar-refractivity contribution in [3.63, 3.8) is 0 Å². The maximum absolute atomic E-state index is 5.83. The Bertz CT molecular complexity index is 546. The predicted molar refractivity (Wildman–Crippen MR) is 118 cm³/mol. The number of rotatable bonds is 8. The molecule has 0 aromatic carbocycles. The number of aryl methyl sites for hydroxylation is 1. The van der Waals surface area contributed by atoms with E-state index in [9.17, 15) is 0 Å². The van der Waals surface area contributed by atoms with Gasteiger partial charge in [-0.25, -0.2) is 0 Å². The lowest BCUT2D eigenvalue weighted by molar-refractivity contribution is 0.0257. The molecule has 2 unspecified atom stereocenters. The van der Waals surface area contributed by atoms with Gasteiger partial charge in [0.2, 0.25) is 0 Å². The Morgan fingerprint density at radius 2 is 2.23 bits per heavy atom. The van der Waals surface area contributed by atoms with Crippen molar-refractivity contribution >= 4 is 29.9 Å². The number of hydrogen-bond acceptors (Lipinski definition) is 3. The zero-order valence-corrected chi connectivity index (χ0v) is 19.3. The second kappa shape index (κ2) is 11.8. The average molecular weight is 477 g/mol. The quantitative estimate of drug-likeness (QED) is 0.356. The lowest BCUT2D eigenvalue weighted by Gasteiger charge is -2.24. The first-order chi connectivity index (χ1) is 12.0. The van der Waals surface area contributed by atoms with Crippen LogP contribution in [0.5, 0.6) is 0 Å². The van der Waals surface area contributed by atoms with E-state index in [0.29, 0.717) is 17.9 Å². The van der Waals surface area contributed by atoms with Crippen molar-refractivity contribution in [1.82, 2.24) is 20.0 Å². The molecule has 150 valence electrons. The van der Waals surface area contributed by atoms with Crippen molar-refractivity contribution in [3.8, 4) is 0 Å². The molecule has 1 N–H and O–H groups in total. The SMILES string of the molecule is CCOC(CCNC(=NC)N1CCC(Cc2cnn(C)c2)C1)C(C)C.I. The minimum atomic E-state index is 0. The Kier molecular flexibility index (Phi) is 10.5. The van der Waals surface area contributed by atoms with Gasteiger partial charge in [-0.3, -0.25) is 9.67 Å². The molecule has 0 bridgehead atoms. The molecule has 1 aliphatic rings. The summed E-state index contributed by atoms with van der Waals surface area (Å²) in [5, 5.41) is 7.79. The molecule has 0 amide bonds. The molecular weight excluding hydrogens is 441 g/mol. The molecule has 2 atom stereocenters. The van der Waals surface area contributed by atoms with Crippen LogP contribution in [0.1, 0.15) is 39.2 Å². The maximum atomic E-state index is 5.83. The third kappa shape index (κ3) is 7.06. The van der Waals surface area contributed by atoms with Gasteiger partial charge >= 0.3 is 0 Å². The summed E-state index contributed by atoms with van der Waals surface area (Å²) in [6.07, 6.45) is 7.74. The van der Waals surface area contributed by atoms with E-state index in [0.717, 1.165) is 45.0 Å². The summed E-state index contributed by atoms with van der Waals surface area (Å²) in [7, 11) is 3.85. The highest BCUT2D eigenvalue weighted by molar-refractivity contribution is 14.0. The summed E-state index contributed by atoms with van der Waals surface area (Å²) in [5.41, 5.74) is 1.33. The molecule has 0 saturated carbocycles. The van der Waals surface area contributed by atoms with Crippen LogP contribution in [-0.2, 0) is 18.2 Å². The third-order valence-corrected chi connectivity index (χ3v) is 4.92. The Balaban J connectivity index is 0.00000338. The van der Waals surface area contributed by atoms with E-state index < -0.39 is 0 Å². The number of ether oxygens (including phenoxy) is 1. The molecule has 7 heteroatoms. The van der Waals surface area contributed by atoms with E-state index in [2.05, 4.69) is 47.3 Å². The standard InChI is InChI=1S/C19H35N5O.HI/c1-6-25-18(15(2)3)7-9-21-19(20-4)24-10-8-16(14-24)11-17-12-22-23(5)13-17;/h12-13,15-16,18H,6-11,14H2,1-5H3,(H,20,21);1H. The second-order valence-corrected chi connectivity index (χ2v) is 7.33. The van der Waals surface area contributed by atoms with E-state index in [-0.39, 0.29) is 24.0 Å². The summed E-state index contributed by atoms with van der Waals surface area (Å²) in [6.45, 7) is 10.3. The number of nitrogens with zero attached hydrogens (tertiary/aromatic N) is 4. The first kappa shape index (κ1) is 23.2. The summed E-state index contributed by atoms with van der Waals surface area (Å²) >= 11 is 0. The normalized spacial score (nSPS) is 18.9. The second-order valence-electron chi connectivity index (χ2n) is 7.33. The van der Waals surface area contributed by atoms with Gasteiger partial charge in [0.05, 0.1) is 12.3 Å². The summed E-state index contributed by atoms with van der Waals surface area (Å²) < 4.78 is 7.71. The first-order valence-corrected chi connectivity index (χ1v) is 9.58. The van der Waals surface area contributed by atoms with Crippen LogP contribution in [0.2, 0.25) is 0 Å². The van der Waals surface area contributed by atoms with Gasteiger partial charge in [0, 0.05) is 46.5 Å². The van der Waals surface area contributed by atoms with E-state index in [4.69, 9.17) is 4.74 Å². The fourth-order valence-corrected chi connectivity index (χ4v) is 3.58. The van der Waals surface area contributed by atoms with Crippen LogP contribution in [0.25, 0.3) is 0 Å². The van der Waals surface area contributed by atoms with Gasteiger partial charge in [0.25, 0.3) is 0 Å². The summed E-state index contributed by atoms with van der Waals surface area (Å²) in [5.74, 6) is 2.24. The Morgan fingerprint density at radius 3 is 2.81 bits per heavy atom. The van der Waals surface area contributed by atoms with Gasteiger partial charge in [-0.2, -0.15) is 5.10 Å². The molecular formula is C19H36IN5O. The Morgan fingerprint density at radius 1 is 1.46 bits per heavy atom. The minimum absolute atomic E-state index is 0. The number of halogens is 1. The van der Waals surface area contributed by atoms with E-state index in [1.165, 1.54) is 12.0 Å². The number of guanidine groups is 1. The molecule has 1 aromatic heterocycles. The molecule has 0 spiro atoms. The highest BCUT2D eigenvalue weighted by Crippen LogP contribution is 2.20. The largest absolute Gasteiger partial charge is 0.378 e. The summed E-state index contributed by atoms with van der Waals surface area (Å²) in [6, 6.07) is 0. The number of aromatic nitrogens is 2.